The standard InChI is InChI=1S/C25H31FN6O2/c1-16-13-32(22-11-24(33)29(4)23-14-30(9-8-27)28-25(22)23)17(2)12-31(16)18(3)19-6-7-21(26)20(10-19)15-34-5/h6-7,10-11,14,16-18H,9,12-13,15H2,1-5H3/t16-,17+,18?/m1/s1. The molecule has 1 fully saturated rings. The van der Waals surface area contributed by atoms with Crippen LogP contribution < -0.4 is 10.5 Å². The van der Waals surface area contributed by atoms with Crippen molar-refractivity contribution in [1.29, 1.82) is 5.26 Å². The van der Waals surface area contributed by atoms with E-state index in [9.17, 15) is 9.18 Å². The van der Waals surface area contributed by atoms with E-state index in [1.165, 1.54) is 6.07 Å². The van der Waals surface area contributed by atoms with E-state index >= 15 is 0 Å². The van der Waals surface area contributed by atoms with Crippen LogP contribution in [0.15, 0.2) is 35.3 Å². The van der Waals surface area contributed by atoms with Crippen LogP contribution in [0.4, 0.5) is 10.1 Å². The number of nitrogens with zero attached hydrogens (tertiary/aromatic N) is 6. The Balaban J connectivity index is 1.63. The summed E-state index contributed by atoms with van der Waals surface area (Å²) in [5.41, 5.74) is 3.73. The van der Waals surface area contributed by atoms with Gasteiger partial charge in [-0.15, -0.1) is 0 Å². The molecule has 3 atom stereocenters. The number of methoxy groups -OCH3 is 1. The van der Waals surface area contributed by atoms with Gasteiger partial charge in [0, 0.05) is 57.0 Å². The molecule has 1 aliphatic rings. The van der Waals surface area contributed by atoms with Gasteiger partial charge in [-0.1, -0.05) is 6.07 Å². The van der Waals surface area contributed by atoms with Crippen molar-refractivity contribution in [3.63, 3.8) is 0 Å². The fraction of sp³-hybridized carbons (Fsp3) is 0.480. The number of anilines is 1. The topological polar surface area (TPSA) is 79.3 Å². The third-order valence-electron chi connectivity index (χ3n) is 6.86. The maximum atomic E-state index is 14.1. The molecule has 0 spiro atoms. The molecule has 1 saturated heterocycles. The lowest BCUT2D eigenvalue weighted by Crippen LogP contribution is -2.57. The number of fused-ring (bicyclic) bond motifs is 1. The van der Waals surface area contributed by atoms with Gasteiger partial charge in [-0.05, 0) is 38.5 Å². The molecule has 0 bridgehead atoms. The summed E-state index contributed by atoms with van der Waals surface area (Å²) in [6, 6.07) is 9.39. The number of benzene rings is 1. The van der Waals surface area contributed by atoms with Crippen molar-refractivity contribution in [3.8, 4) is 6.07 Å². The average molecular weight is 467 g/mol. The lowest BCUT2D eigenvalue weighted by molar-refractivity contribution is 0.119. The molecular weight excluding hydrogens is 435 g/mol. The zero-order valence-electron chi connectivity index (χ0n) is 20.3. The first-order valence-electron chi connectivity index (χ1n) is 11.5. The van der Waals surface area contributed by atoms with Crippen LogP contribution in [0.2, 0.25) is 0 Å². The second-order valence-electron chi connectivity index (χ2n) is 9.15. The number of halogens is 1. The molecule has 0 saturated carbocycles. The highest BCUT2D eigenvalue weighted by molar-refractivity contribution is 5.88. The summed E-state index contributed by atoms with van der Waals surface area (Å²) < 4.78 is 22.4. The molecule has 4 rings (SSSR count). The Labute approximate surface area is 198 Å². The number of ether oxygens (including phenoxy) is 1. The van der Waals surface area contributed by atoms with Crippen LogP contribution in [0.3, 0.4) is 0 Å². The van der Waals surface area contributed by atoms with Gasteiger partial charge in [0.05, 0.1) is 30.1 Å². The normalized spacial score (nSPS) is 20.0. The van der Waals surface area contributed by atoms with Gasteiger partial charge in [0.2, 0.25) is 0 Å². The van der Waals surface area contributed by atoms with Crippen LogP contribution in [-0.2, 0) is 24.9 Å². The highest BCUT2D eigenvalue weighted by atomic mass is 19.1. The first-order valence-corrected chi connectivity index (χ1v) is 11.5. The molecule has 1 aromatic carbocycles. The van der Waals surface area contributed by atoms with Crippen molar-refractivity contribution < 1.29 is 9.13 Å². The van der Waals surface area contributed by atoms with Gasteiger partial charge in [0.1, 0.15) is 17.9 Å². The van der Waals surface area contributed by atoms with E-state index < -0.39 is 0 Å². The SMILES string of the molecule is COCc1cc(C(C)N2C[C@H](C)N(c3cc(=O)n(C)c4cn(CC#N)nc34)C[C@H]2C)ccc1F. The molecular formula is C25H31FN6O2. The Morgan fingerprint density at radius 2 is 2.03 bits per heavy atom. The molecule has 1 aliphatic heterocycles. The van der Waals surface area contributed by atoms with Crippen molar-refractivity contribution in [2.24, 2.45) is 7.05 Å². The van der Waals surface area contributed by atoms with Crippen molar-refractivity contribution in [1.82, 2.24) is 19.2 Å². The number of hydrogen-bond donors (Lipinski definition) is 0. The van der Waals surface area contributed by atoms with Crippen LogP contribution in [0.5, 0.6) is 0 Å². The monoisotopic (exact) mass is 466 g/mol. The van der Waals surface area contributed by atoms with Crippen molar-refractivity contribution in [2.45, 2.75) is 52.0 Å². The third-order valence-corrected chi connectivity index (χ3v) is 6.86. The molecule has 0 amide bonds. The van der Waals surface area contributed by atoms with E-state index in [1.54, 1.807) is 35.7 Å². The number of aryl methyl sites for hydroxylation is 1. The smallest absolute Gasteiger partial charge is 0.252 e. The highest BCUT2D eigenvalue weighted by Gasteiger charge is 2.34. The minimum atomic E-state index is -0.255. The summed E-state index contributed by atoms with van der Waals surface area (Å²) in [5.74, 6) is -0.255. The fourth-order valence-corrected chi connectivity index (χ4v) is 4.95. The van der Waals surface area contributed by atoms with Crippen LogP contribution >= 0.6 is 0 Å². The maximum absolute atomic E-state index is 14.1. The lowest BCUT2D eigenvalue weighted by atomic mass is 9.98. The molecule has 2 aromatic heterocycles. The molecule has 180 valence electrons. The third kappa shape index (κ3) is 4.31. The molecule has 8 nitrogen and oxygen atoms in total. The van der Waals surface area contributed by atoms with Crippen molar-refractivity contribution >= 4 is 16.7 Å². The van der Waals surface area contributed by atoms with Crippen molar-refractivity contribution in [2.75, 3.05) is 25.1 Å². The molecule has 3 aromatic rings. The van der Waals surface area contributed by atoms with E-state index in [0.29, 0.717) is 17.6 Å². The molecule has 1 unspecified atom stereocenters. The van der Waals surface area contributed by atoms with Gasteiger partial charge in [-0.25, -0.2) is 4.39 Å². The lowest BCUT2D eigenvalue weighted by Gasteiger charge is -2.47. The van der Waals surface area contributed by atoms with E-state index in [-0.39, 0.29) is 42.7 Å². The van der Waals surface area contributed by atoms with E-state index in [4.69, 9.17) is 10.00 Å². The number of piperazine rings is 1. The number of hydrogen-bond acceptors (Lipinski definition) is 6. The van der Waals surface area contributed by atoms with Crippen molar-refractivity contribution in [3.05, 3.63) is 57.8 Å². The number of pyridine rings is 1. The van der Waals surface area contributed by atoms with Gasteiger partial charge in [0.15, 0.2) is 0 Å². The quantitative estimate of drug-likeness (QED) is 0.555. The van der Waals surface area contributed by atoms with Crippen LogP contribution in [0.25, 0.3) is 11.0 Å². The zero-order valence-corrected chi connectivity index (χ0v) is 20.3. The summed E-state index contributed by atoms with van der Waals surface area (Å²) in [5, 5.41) is 13.7. The minimum absolute atomic E-state index is 0.0919. The summed E-state index contributed by atoms with van der Waals surface area (Å²) in [6.07, 6.45) is 1.75. The second kappa shape index (κ2) is 9.57. The van der Waals surface area contributed by atoms with Crippen LogP contribution in [0, 0.1) is 17.1 Å². The summed E-state index contributed by atoms with van der Waals surface area (Å²) in [4.78, 5) is 17.4. The average Bonchev–Trinajstić information content (AvgIpc) is 3.23. The molecule has 0 N–H and O–H groups in total. The maximum Gasteiger partial charge on any atom is 0.252 e. The Hall–Kier alpha value is -3.22. The van der Waals surface area contributed by atoms with Gasteiger partial charge in [-0.3, -0.25) is 14.4 Å². The molecule has 34 heavy (non-hydrogen) atoms. The first kappa shape index (κ1) is 23.9. The first-order chi connectivity index (χ1) is 16.2. The van der Waals surface area contributed by atoms with Crippen LogP contribution in [-0.4, -0.2) is 51.5 Å². The zero-order chi connectivity index (χ0) is 24.6. The number of rotatable bonds is 6. The minimum Gasteiger partial charge on any atom is -0.380 e. The number of aromatic nitrogens is 3. The second-order valence-corrected chi connectivity index (χ2v) is 9.15. The summed E-state index contributed by atoms with van der Waals surface area (Å²) in [6.45, 7) is 8.30. The van der Waals surface area contributed by atoms with Gasteiger partial charge >= 0.3 is 0 Å². The number of nitriles is 1. The van der Waals surface area contributed by atoms with E-state index in [2.05, 4.69) is 41.7 Å². The molecule has 0 radical (unpaired) electrons. The summed E-state index contributed by atoms with van der Waals surface area (Å²) >= 11 is 0. The predicted molar refractivity (Wildman–Crippen MR) is 129 cm³/mol. The fourth-order valence-electron chi connectivity index (χ4n) is 4.95. The van der Waals surface area contributed by atoms with E-state index in [1.807, 2.05) is 12.1 Å². The van der Waals surface area contributed by atoms with E-state index in [0.717, 1.165) is 23.3 Å². The Bertz CT molecular complexity index is 1290. The summed E-state index contributed by atoms with van der Waals surface area (Å²) in [7, 11) is 3.29. The van der Waals surface area contributed by atoms with Gasteiger partial charge < -0.3 is 14.2 Å². The molecule has 9 heteroatoms. The van der Waals surface area contributed by atoms with Crippen LogP contribution in [0.1, 0.15) is 37.9 Å². The van der Waals surface area contributed by atoms with Gasteiger partial charge in [0.25, 0.3) is 5.56 Å². The Morgan fingerprint density at radius 3 is 2.74 bits per heavy atom. The predicted octanol–water partition coefficient (Wildman–Crippen LogP) is 3.20. The largest absolute Gasteiger partial charge is 0.380 e. The Morgan fingerprint density at radius 1 is 1.26 bits per heavy atom. The molecule has 3 heterocycles. The molecule has 0 aliphatic carbocycles. The highest BCUT2D eigenvalue weighted by Crippen LogP contribution is 2.33. The van der Waals surface area contributed by atoms with Gasteiger partial charge in [-0.2, -0.15) is 10.4 Å². The Kier molecular flexibility index (Phi) is 6.73.